The van der Waals surface area contributed by atoms with Crippen molar-refractivity contribution in [2.45, 2.75) is 13.3 Å². The summed E-state index contributed by atoms with van der Waals surface area (Å²) >= 11 is 3.32. The second-order valence-electron chi connectivity index (χ2n) is 3.55. The molecule has 0 fully saturated rings. The maximum atomic E-state index is 11.6. The second-order valence-corrected chi connectivity index (χ2v) is 6.24. The van der Waals surface area contributed by atoms with Crippen molar-refractivity contribution in [2.24, 2.45) is 5.73 Å². The molecule has 0 heterocycles. The zero-order valence-electron chi connectivity index (χ0n) is 9.03. The zero-order valence-corrected chi connectivity index (χ0v) is 11.4. The van der Waals surface area contributed by atoms with E-state index in [1.54, 1.807) is 6.07 Å². The van der Waals surface area contributed by atoms with Crippen LogP contribution in [0.15, 0.2) is 22.7 Å². The quantitative estimate of drug-likeness (QED) is 0.872. The van der Waals surface area contributed by atoms with Gasteiger partial charge < -0.3 is 5.73 Å². The Hall–Kier alpha value is -0.590. The SMILES string of the molecule is Cc1ccc(NS(=O)(=O)CCCN)c(Br)c1. The molecule has 0 unspecified atom stereocenters. The molecule has 0 bridgehead atoms. The van der Waals surface area contributed by atoms with E-state index in [0.29, 0.717) is 18.7 Å². The average Bonchev–Trinajstić information content (AvgIpc) is 2.19. The van der Waals surface area contributed by atoms with Crippen LogP contribution in [0.4, 0.5) is 5.69 Å². The third-order valence-corrected chi connectivity index (χ3v) is 4.02. The van der Waals surface area contributed by atoms with Crippen molar-refractivity contribution >= 4 is 31.6 Å². The summed E-state index contributed by atoms with van der Waals surface area (Å²) in [5.41, 5.74) is 6.90. The van der Waals surface area contributed by atoms with Crippen LogP contribution in [-0.4, -0.2) is 20.7 Å². The molecule has 1 aromatic rings. The largest absolute Gasteiger partial charge is 0.330 e. The number of anilines is 1. The third kappa shape index (κ3) is 4.11. The number of rotatable bonds is 5. The van der Waals surface area contributed by atoms with E-state index in [2.05, 4.69) is 20.7 Å². The highest BCUT2D eigenvalue weighted by atomic mass is 79.9. The Bertz CT molecular complexity index is 460. The van der Waals surface area contributed by atoms with Crippen molar-refractivity contribution in [1.29, 1.82) is 0 Å². The van der Waals surface area contributed by atoms with E-state index in [1.807, 2.05) is 19.1 Å². The standard InChI is InChI=1S/C10H15BrN2O2S/c1-8-3-4-10(9(11)7-8)13-16(14,15)6-2-5-12/h3-4,7,13H,2,5-6,12H2,1H3. The van der Waals surface area contributed by atoms with Crippen LogP contribution >= 0.6 is 15.9 Å². The van der Waals surface area contributed by atoms with Crippen molar-refractivity contribution in [1.82, 2.24) is 0 Å². The number of nitrogens with one attached hydrogen (secondary N) is 1. The van der Waals surface area contributed by atoms with Crippen molar-refractivity contribution in [3.05, 3.63) is 28.2 Å². The predicted molar refractivity (Wildman–Crippen MR) is 70.0 cm³/mol. The van der Waals surface area contributed by atoms with Crippen molar-refractivity contribution in [3.8, 4) is 0 Å². The first-order chi connectivity index (χ1) is 7.44. The lowest BCUT2D eigenvalue weighted by molar-refractivity contribution is 0.598. The van der Waals surface area contributed by atoms with E-state index in [1.165, 1.54) is 0 Å². The van der Waals surface area contributed by atoms with Gasteiger partial charge in [0, 0.05) is 4.47 Å². The maximum Gasteiger partial charge on any atom is 0.232 e. The number of halogens is 1. The van der Waals surface area contributed by atoms with E-state index in [0.717, 1.165) is 10.0 Å². The summed E-state index contributed by atoms with van der Waals surface area (Å²) in [7, 11) is -3.29. The Morgan fingerprint density at radius 3 is 2.69 bits per heavy atom. The highest BCUT2D eigenvalue weighted by Gasteiger charge is 2.11. The number of sulfonamides is 1. The van der Waals surface area contributed by atoms with Gasteiger partial charge in [-0.15, -0.1) is 0 Å². The van der Waals surface area contributed by atoms with Crippen LogP contribution in [0.3, 0.4) is 0 Å². The molecule has 6 heteroatoms. The highest BCUT2D eigenvalue weighted by molar-refractivity contribution is 9.10. The van der Waals surface area contributed by atoms with Crippen LogP contribution < -0.4 is 10.5 Å². The molecule has 1 aromatic carbocycles. The van der Waals surface area contributed by atoms with Gasteiger partial charge in [0.25, 0.3) is 0 Å². The van der Waals surface area contributed by atoms with E-state index in [4.69, 9.17) is 5.73 Å². The molecular weight excluding hydrogens is 292 g/mol. The van der Waals surface area contributed by atoms with Gasteiger partial charge in [0.1, 0.15) is 0 Å². The lowest BCUT2D eigenvalue weighted by Crippen LogP contribution is -2.19. The molecule has 0 saturated carbocycles. The van der Waals surface area contributed by atoms with Gasteiger partial charge in [0.2, 0.25) is 10.0 Å². The zero-order chi connectivity index (χ0) is 12.2. The summed E-state index contributed by atoms with van der Waals surface area (Å²) in [5, 5.41) is 0. The molecule has 0 amide bonds. The monoisotopic (exact) mass is 306 g/mol. The first-order valence-electron chi connectivity index (χ1n) is 4.91. The predicted octanol–water partition coefficient (Wildman–Crippen LogP) is 1.85. The Balaban J connectivity index is 2.80. The van der Waals surface area contributed by atoms with Gasteiger partial charge in [-0.2, -0.15) is 0 Å². The lowest BCUT2D eigenvalue weighted by Gasteiger charge is -2.09. The molecule has 0 spiro atoms. The highest BCUT2D eigenvalue weighted by Crippen LogP contribution is 2.24. The fourth-order valence-electron chi connectivity index (χ4n) is 1.19. The Kier molecular flexibility index (Phi) is 4.76. The van der Waals surface area contributed by atoms with Crippen LogP contribution in [0.5, 0.6) is 0 Å². The normalized spacial score (nSPS) is 11.4. The van der Waals surface area contributed by atoms with Gasteiger partial charge in [0.15, 0.2) is 0 Å². The summed E-state index contributed by atoms with van der Waals surface area (Å²) in [6.45, 7) is 2.31. The van der Waals surface area contributed by atoms with Gasteiger partial charge in [-0.1, -0.05) is 6.07 Å². The van der Waals surface area contributed by atoms with Crippen LogP contribution in [-0.2, 0) is 10.0 Å². The lowest BCUT2D eigenvalue weighted by atomic mass is 10.2. The second kappa shape index (κ2) is 5.65. The third-order valence-electron chi connectivity index (χ3n) is 2.01. The van der Waals surface area contributed by atoms with E-state index >= 15 is 0 Å². The molecule has 1 rings (SSSR count). The number of hydrogen-bond donors (Lipinski definition) is 2. The van der Waals surface area contributed by atoms with E-state index in [9.17, 15) is 8.42 Å². The van der Waals surface area contributed by atoms with Crippen LogP contribution in [0.2, 0.25) is 0 Å². The van der Waals surface area contributed by atoms with Crippen LogP contribution in [0.1, 0.15) is 12.0 Å². The molecule has 0 aliphatic heterocycles. The molecular formula is C10H15BrN2O2S. The van der Waals surface area contributed by atoms with Gasteiger partial charge in [0.05, 0.1) is 11.4 Å². The minimum Gasteiger partial charge on any atom is -0.330 e. The summed E-state index contributed by atoms with van der Waals surface area (Å²) in [6, 6.07) is 5.45. The molecule has 0 atom stereocenters. The Labute approximate surface area is 104 Å². The summed E-state index contributed by atoms with van der Waals surface area (Å²) in [6.07, 6.45) is 0.457. The smallest absolute Gasteiger partial charge is 0.232 e. The summed E-state index contributed by atoms with van der Waals surface area (Å²) < 4.78 is 26.5. The van der Waals surface area contributed by atoms with E-state index in [-0.39, 0.29) is 5.75 Å². The first kappa shape index (κ1) is 13.5. The van der Waals surface area contributed by atoms with Crippen LogP contribution in [0.25, 0.3) is 0 Å². The molecule has 0 saturated heterocycles. The van der Waals surface area contributed by atoms with Gasteiger partial charge in [-0.05, 0) is 53.5 Å². The van der Waals surface area contributed by atoms with Gasteiger partial charge >= 0.3 is 0 Å². The molecule has 0 radical (unpaired) electrons. The van der Waals surface area contributed by atoms with Crippen molar-refractivity contribution in [2.75, 3.05) is 17.0 Å². The minimum absolute atomic E-state index is 0.0455. The van der Waals surface area contributed by atoms with Gasteiger partial charge in [-0.25, -0.2) is 8.42 Å². The van der Waals surface area contributed by atoms with Crippen LogP contribution in [0, 0.1) is 6.92 Å². The van der Waals surface area contributed by atoms with Crippen molar-refractivity contribution < 1.29 is 8.42 Å². The summed E-state index contributed by atoms with van der Waals surface area (Å²) in [5.74, 6) is 0.0455. The first-order valence-corrected chi connectivity index (χ1v) is 7.36. The Morgan fingerprint density at radius 1 is 1.44 bits per heavy atom. The van der Waals surface area contributed by atoms with Crippen molar-refractivity contribution in [3.63, 3.8) is 0 Å². The molecule has 0 aromatic heterocycles. The fourth-order valence-corrected chi connectivity index (χ4v) is 3.08. The molecule has 3 N–H and O–H groups in total. The van der Waals surface area contributed by atoms with Gasteiger partial charge in [-0.3, -0.25) is 4.72 Å². The Morgan fingerprint density at radius 2 is 2.12 bits per heavy atom. The minimum atomic E-state index is -3.29. The van der Waals surface area contributed by atoms with E-state index < -0.39 is 10.0 Å². The molecule has 0 aliphatic rings. The summed E-state index contributed by atoms with van der Waals surface area (Å²) in [4.78, 5) is 0. The number of nitrogens with two attached hydrogens (primary N) is 1. The fraction of sp³-hybridized carbons (Fsp3) is 0.400. The molecule has 0 aliphatic carbocycles. The number of aryl methyl sites for hydroxylation is 1. The molecule has 90 valence electrons. The molecule has 16 heavy (non-hydrogen) atoms. The number of benzene rings is 1. The topological polar surface area (TPSA) is 72.2 Å². The average molecular weight is 307 g/mol. The number of hydrogen-bond acceptors (Lipinski definition) is 3. The molecule has 4 nitrogen and oxygen atoms in total. The maximum absolute atomic E-state index is 11.6.